The molecule has 0 bridgehead atoms. The van der Waals surface area contributed by atoms with Crippen molar-refractivity contribution in [2.75, 3.05) is 18.0 Å². The molecule has 136 valence electrons. The molecule has 1 aromatic carbocycles. The van der Waals surface area contributed by atoms with Crippen molar-refractivity contribution in [3.8, 4) is 0 Å². The number of hydrogen-bond donors (Lipinski definition) is 1. The molecular weight excluding hydrogens is 335 g/mol. The van der Waals surface area contributed by atoms with Gasteiger partial charge in [-0.25, -0.2) is 0 Å². The van der Waals surface area contributed by atoms with E-state index < -0.39 is 24.2 Å². The van der Waals surface area contributed by atoms with Gasteiger partial charge in [0, 0.05) is 37.3 Å². The van der Waals surface area contributed by atoms with E-state index in [9.17, 15) is 22.8 Å². The van der Waals surface area contributed by atoms with E-state index in [1.54, 1.807) is 17.0 Å². The molecule has 1 saturated heterocycles. The van der Waals surface area contributed by atoms with E-state index in [0.717, 1.165) is 10.5 Å². The van der Waals surface area contributed by atoms with Crippen LogP contribution in [0.1, 0.15) is 35.7 Å². The summed E-state index contributed by atoms with van der Waals surface area (Å²) < 4.78 is 39.8. The number of halogens is 3. The zero-order valence-electron chi connectivity index (χ0n) is 13.8. The first-order chi connectivity index (χ1) is 11.7. The van der Waals surface area contributed by atoms with Gasteiger partial charge in [-0.05, 0) is 43.0 Å². The molecule has 2 atom stereocenters. The third-order valence-corrected chi connectivity index (χ3v) is 4.86. The summed E-state index contributed by atoms with van der Waals surface area (Å²) in [7, 11) is 0. The summed E-state index contributed by atoms with van der Waals surface area (Å²) in [6.07, 6.45) is -3.83. The molecule has 2 heterocycles. The lowest BCUT2D eigenvalue weighted by molar-refractivity contribution is -0.184. The highest BCUT2D eigenvalue weighted by molar-refractivity contribution is 5.98. The van der Waals surface area contributed by atoms with Crippen LogP contribution in [-0.2, 0) is 11.2 Å². The Morgan fingerprint density at radius 1 is 1.24 bits per heavy atom. The molecule has 2 N–H and O–H groups in total. The summed E-state index contributed by atoms with van der Waals surface area (Å²) in [4.78, 5) is 26.7. The average Bonchev–Trinajstić information content (AvgIpc) is 2.96. The van der Waals surface area contributed by atoms with E-state index >= 15 is 0 Å². The van der Waals surface area contributed by atoms with Gasteiger partial charge in [-0.1, -0.05) is 0 Å². The van der Waals surface area contributed by atoms with Crippen LogP contribution in [0.3, 0.4) is 0 Å². The van der Waals surface area contributed by atoms with Crippen molar-refractivity contribution in [1.82, 2.24) is 4.90 Å². The maximum Gasteiger partial charge on any atom is 0.408 e. The van der Waals surface area contributed by atoms with Gasteiger partial charge in [-0.2, -0.15) is 13.2 Å². The molecule has 2 amide bonds. The molecule has 2 aliphatic rings. The number of nitrogens with zero attached hydrogens (tertiary/aromatic N) is 2. The lowest BCUT2D eigenvalue weighted by Crippen LogP contribution is -2.56. The number of nitrogens with two attached hydrogens (primary N) is 1. The number of rotatable bonds is 1. The molecule has 25 heavy (non-hydrogen) atoms. The smallest absolute Gasteiger partial charge is 0.326 e. The minimum Gasteiger partial charge on any atom is -0.326 e. The largest absolute Gasteiger partial charge is 0.408 e. The van der Waals surface area contributed by atoms with E-state index in [-0.39, 0.29) is 30.9 Å². The number of amides is 2. The predicted molar refractivity (Wildman–Crippen MR) is 86.3 cm³/mol. The van der Waals surface area contributed by atoms with Crippen LogP contribution in [0.15, 0.2) is 18.2 Å². The van der Waals surface area contributed by atoms with Crippen molar-refractivity contribution >= 4 is 17.5 Å². The fourth-order valence-corrected chi connectivity index (χ4v) is 3.59. The normalized spacial score (nSPS) is 23.6. The Bertz CT molecular complexity index is 705. The molecule has 1 fully saturated rings. The van der Waals surface area contributed by atoms with E-state index in [1.807, 2.05) is 0 Å². The van der Waals surface area contributed by atoms with Crippen molar-refractivity contribution in [2.45, 2.75) is 44.4 Å². The molecule has 0 saturated carbocycles. The summed E-state index contributed by atoms with van der Waals surface area (Å²) in [6, 6.07) is 2.44. The monoisotopic (exact) mass is 355 g/mol. The number of carbonyl (C=O) groups excluding carboxylic acids is 2. The van der Waals surface area contributed by atoms with Gasteiger partial charge < -0.3 is 15.5 Å². The molecule has 1 aromatic rings. The van der Waals surface area contributed by atoms with Gasteiger partial charge in [0.2, 0.25) is 5.91 Å². The second-order valence-corrected chi connectivity index (χ2v) is 6.62. The summed E-state index contributed by atoms with van der Waals surface area (Å²) >= 11 is 0. The van der Waals surface area contributed by atoms with E-state index in [2.05, 4.69) is 0 Å². The van der Waals surface area contributed by atoms with Crippen molar-refractivity contribution in [3.05, 3.63) is 29.3 Å². The predicted octanol–water partition coefficient (Wildman–Crippen LogP) is 2.09. The molecule has 5 nitrogen and oxygen atoms in total. The number of benzene rings is 1. The quantitative estimate of drug-likeness (QED) is 0.839. The molecule has 2 aliphatic heterocycles. The first-order valence-corrected chi connectivity index (χ1v) is 8.23. The van der Waals surface area contributed by atoms with Gasteiger partial charge in [-0.15, -0.1) is 0 Å². The number of hydrogen-bond acceptors (Lipinski definition) is 3. The highest BCUT2D eigenvalue weighted by Crippen LogP contribution is 2.34. The molecule has 3 rings (SSSR count). The third kappa shape index (κ3) is 3.35. The molecular formula is C17H20F3N3O2. The minimum atomic E-state index is -4.47. The number of piperidine rings is 1. The zero-order valence-corrected chi connectivity index (χ0v) is 13.8. The van der Waals surface area contributed by atoms with Gasteiger partial charge >= 0.3 is 6.18 Å². The van der Waals surface area contributed by atoms with Gasteiger partial charge in [0.1, 0.15) is 6.04 Å². The SMILES string of the molecule is CC(=O)N1CCc2cc(C(=O)N3CC(N)CCC3C(F)(F)F)ccc21. The Balaban J connectivity index is 1.88. The number of alkyl halides is 3. The average molecular weight is 355 g/mol. The number of fused-ring (bicyclic) bond motifs is 1. The van der Waals surface area contributed by atoms with Gasteiger partial charge in [0.25, 0.3) is 5.91 Å². The third-order valence-electron chi connectivity index (χ3n) is 4.86. The van der Waals surface area contributed by atoms with Gasteiger partial charge in [0.15, 0.2) is 0 Å². The highest BCUT2D eigenvalue weighted by atomic mass is 19.4. The second-order valence-electron chi connectivity index (χ2n) is 6.62. The summed E-state index contributed by atoms with van der Waals surface area (Å²) in [5, 5.41) is 0. The minimum absolute atomic E-state index is 0.100. The molecule has 8 heteroatoms. The fourth-order valence-electron chi connectivity index (χ4n) is 3.59. The molecule has 0 radical (unpaired) electrons. The second kappa shape index (κ2) is 6.33. The van der Waals surface area contributed by atoms with Crippen molar-refractivity contribution in [3.63, 3.8) is 0 Å². The van der Waals surface area contributed by atoms with Crippen LogP contribution < -0.4 is 10.6 Å². The number of likely N-dealkylation sites (tertiary alicyclic amines) is 1. The first kappa shape index (κ1) is 17.7. The lowest BCUT2D eigenvalue weighted by atomic mass is 9.96. The summed E-state index contributed by atoms with van der Waals surface area (Å²) in [5.41, 5.74) is 7.50. The Morgan fingerprint density at radius 3 is 2.60 bits per heavy atom. The van der Waals surface area contributed by atoms with Crippen LogP contribution >= 0.6 is 0 Å². The van der Waals surface area contributed by atoms with Crippen LogP contribution in [0.4, 0.5) is 18.9 Å². The Hall–Kier alpha value is -2.09. The van der Waals surface area contributed by atoms with Crippen LogP contribution in [0.2, 0.25) is 0 Å². The first-order valence-electron chi connectivity index (χ1n) is 8.23. The van der Waals surface area contributed by atoms with Crippen LogP contribution in [-0.4, -0.2) is 48.1 Å². The Labute approximate surface area is 143 Å². The van der Waals surface area contributed by atoms with Crippen LogP contribution in [0, 0.1) is 0 Å². The van der Waals surface area contributed by atoms with Crippen molar-refractivity contribution in [2.24, 2.45) is 5.73 Å². The number of carbonyl (C=O) groups is 2. The molecule has 0 spiro atoms. The lowest BCUT2D eigenvalue weighted by Gasteiger charge is -2.39. The standard InChI is InChI=1S/C17H20F3N3O2/c1-10(24)22-7-6-11-8-12(2-4-14(11)22)16(25)23-9-13(21)3-5-15(23)17(18,19)20/h2,4,8,13,15H,3,5-7,9,21H2,1H3. The van der Waals surface area contributed by atoms with E-state index in [1.165, 1.54) is 13.0 Å². The Morgan fingerprint density at radius 2 is 1.96 bits per heavy atom. The maximum absolute atomic E-state index is 13.3. The zero-order chi connectivity index (χ0) is 18.4. The fraction of sp³-hybridized carbons (Fsp3) is 0.529. The molecule has 0 aliphatic carbocycles. The molecule has 0 aromatic heterocycles. The topological polar surface area (TPSA) is 66.6 Å². The van der Waals surface area contributed by atoms with Gasteiger partial charge in [0.05, 0.1) is 0 Å². The summed E-state index contributed by atoms with van der Waals surface area (Å²) in [6.45, 7) is 1.86. The summed E-state index contributed by atoms with van der Waals surface area (Å²) in [5.74, 6) is -0.765. The van der Waals surface area contributed by atoms with E-state index in [0.29, 0.717) is 18.7 Å². The van der Waals surface area contributed by atoms with Crippen LogP contribution in [0.25, 0.3) is 0 Å². The Kier molecular flexibility index (Phi) is 4.49. The van der Waals surface area contributed by atoms with Crippen LogP contribution in [0.5, 0.6) is 0 Å². The van der Waals surface area contributed by atoms with Gasteiger partial charge in [-0.3, -0.25) is 9.59 Å². The highest BCUT2D eigenvalue weighted by Gasteiger charge is 2.47. The maximum atomic E-state index is 13.3. The van der Waals surface area contributed by atoms with E-state index in [4.69, 9.17) is 5.73 Å². The molecule has 2 unspecified atom stereocenters. The van der Waals surface area contributed by atoms with Crippen molar-refractivity contribution < 1.29 is 22.8 Å². The van der Waals surface area contributed by atoms with Crippen molar-refractivity contribution in [1.29, 1.82) is 0 Å². The number of anilines is 1.